The molecular formula is C15H18O2S. The molecule has 0 aliphatic heterocycles. The summed E-state index contributed by atoms with van der Waals surface area (Å²) in [5.41, 5.74) is 4.29. The number of benzene rings is 1. The van der Waals surface area contributed by atoms with Crippen molar-refractivity contribution in [2.24, 2.45) is 0 Å². The van der Waals surface area contributed by atoms with Crippen LogP contribution in [0.1, 0.15) is 28.4 Å². The van der Waals surface area contributed by atoms with E-state index in [9.17, 15) is 5.11 Å². The smallest absolute Gasteiger partial charge is 0.125 e. The fourth-order valence-electron chi connectivity index (χ4n) is 2.27. The van der Waals surface area contributed by atoms with Crippen molar-refractivity contribution in [3.05, 3.63) is 51.2 Å². The SMILES string of the molecule is COc1cc(C)cc(C)c1C(O)Cc1ccsc1. The van der Waals surface area contributed by atoms with Crippen molar-refractivity contribution in [1.82, 2.24) is 0 Å². The van der Waals surface area contributed by atoms with E-state index in [1.807, 2.05) is 31.4 Å². The van der Waals surface area contributed by atoms with Gasteiger partial charge in [-0.2, -0.15) is 11.3 Å². The summed E-state index contributed by atoms with van der Waals surface area (Å²) in [5, 5.41) is 14.5. The highest BCUT2D eigenvalue weighted by Crippen LogP contribution is 2.32. The molecule has 0 amide bonds. The molecule has 0 aliphatic rings. The van der Waals surface area contributed by atoms with Gasteiger partial charge in [0.05, 0.1) is 13.2 Å². The van der Waals surface area contributed by atoms with E-state index < -0.39 is 6.10 Å². The normalized spacial score (nSPS) is 12.4. The van der Waals surface area contributed by atoms with Gasteiger partial charge in [0.15, 0.2) is 0 Å². The molecule has 0 saturated carbocycles. The molecule has 0 radical (unpaired) electrons. The van der Waals surface area contributed by atoms with Gasteiger partial charge in [-0.1, -0.05) is 6.07 Å². The second-order valence-electron chi connectivity index (χ2n) is 4.55. The molecule has 2 aromatic rings. The predicted octanol–water partition coefficient (Wildman–Crippen LogP) is 3.65. The summed E-state index contributed by atoms with van der Waals surface area (Å²) >= 11 is 1.65. The van der Waals surface area contributed by atoms with Crippen molar-refractivity contribution < 1.29 is 9.84 Å². The lowest BCUT2D eigenvalue weighted by molar-refractivity contribution is 0.173. The Labute approximate surface area is 112 Å². The van der Waals surface area contributed by atoms with Gasteiger partial charge in [0.2, 0.25) is 0 Å². The van der Waals surface area contributed by atoms with Crippen LogP contribution in [0.5, 0.6) is 5.75 Å². The lowest BCUT2D eigenvalue weighted by Crippen LogP contribution is -2.06. The van der Waals surface area contributed by atoms with Gasteiger partial charge in [0, 0.05) is 12.0 Å². The minimum Gasteiger partial charge on any atom is -0.496 e. The van der Waals surface area contributed by atoms with Crippen molar-refractivity contribution in [2.75, 3.05) is 7.11 Å². The van der Waals surface area contributed by atoms with Crippen LogP contribution in [0.3, 0.4) is 0 Å². The Balaban J connectivity index is 2.31. The molecule has 1 atom stereocenters. The van der Waals surface area contributed by atoms with Crippen LogP contribution < -0.4 is 4.74 Å². The van der Waals surface area contributed by atoms with E-state index >= 15 is 0 Å². The fourth-order valence-corrected chi connectivity index (χ4v) is 2.95. The van der Waals surface area contributed by atoms with Crippen molar-refractivity contribution in [3.63, 3.8) is 0 Å². The summed E-state index contributed by atoms with van der Waals surface area (Å²) in [7, 11) is 1.65. The monoisotopic (exact) mass is 262 g/mol. The van der Waals surface area contributed by atoms with E-state index in [0.29, 0.717) is 6.42 Å². The van der Waals surface area contributed by atoms with Gasteiger partial charge in [0.25, 0.3) is 0 Å². The van der Waals surface area contributed by atoms with E-state index in [4.69, 9.17) is 4.74 Å². The molecule has 0 fully saturated rings. The zero-order valence-corrected chi connectivity index (χ0v) is 11.8. The Bertz CT molecular complexity index is 518. The van der Waals surface area contributed by atoms with Crippen molar-refractivity contribution in [3.8, 4) is 5.75 Å². The Kier molecular flexibility index (Phi) is 4.04. The van der Waals surface area contributed by atoms with Gasteiger partial charge >= 0.3 is 0 Å². The summed E-state index contributed by atoms with van der Waals surface area (Å²) in [6.45, 7) is 4.05. The maximum atomic E-state index is 10.4. The third-order valence-electron chi connectivity index (χ3n) is 3.06. The molecule has 1 heterocycles. The summed E-state index contributed by atoms with van der Waals surface area (Å²) in [4.78, 5) is 0. The summed E-state index contributed by atoms with van der Waals surface area (Å²) in [6, 6.07) is 6.09. The highest BCUT2D eigenvalue weighted by Gasteiger charge is 2.17. The molecule has 1 aromatic carbocycles. The van der Waals surface area contributed by atoms with Crippen molar-refractivity contribution in [1.29, 1.82) is 0 Å². The van der Waals surface area contributed by atoms with E-state index in [1.54, 1.807) is 18.4 Å². The number of methoxy groups -OCH3 is 1. The van der Waals surface area contributed by atoms with E-state index in [2.05, 4.69) is 11.4 Å². The number of aliphatic hydroxyl groups is 1. The highest BCUT2D eigenvalue weighted by molar-refractivity contribution is 7.07. The predicted molar refractivity (Wildman–Crippen MR) is 75.5 cm³/mol. The summed E-state index contributed by atoms with van der Waals surface area (Å²) in [6.07, 6.45) is 0.110. The zero-order chi connectivity index (χ0) is 13.1. The molecule has 2 rings (SSSR count). The number of aryl methyl sites for hydroxylation is 2. The first-order chi connectivity index (χ1) is 8.61. The highest BCUT2D eigenvalue weighted by atomic mass is 32.1. The quantitative estimate of drug-likeness (QED) is 0.911. The van der Waals surface area contributed by atoms with E-state index in [-0.39, 0.29) is 0 Å². The number of ether oxygens (including phenoxy) is 1. The minimum atomic E-state index is -0.518. The number of hydrogen-bond acceptors (Lipinski definition) is 3. The van der Waals surface area contributed by atoms with Crippen molar-refractivity contribution >= 4 is 11.3 Å². The maximum absolute atomic E-state index is 10.4. The van der Waals surface area contributed by atoms with Gasteiger partial charge in [-0.3, -0.25) is 0 Å². The second kappa shape index (κ2) is 5.55. The van der Waals surface area contributed by atoms with Gasteiger partial charge in [-0.05, 0) is 53.4 Å². The molecular weight excluding hydrogens is 244 g/mol. The number of rotatable bonds is 4. The molecule has 1 unspecified atom stereocenters. The Morgan fingerprint density at radius 1 is 1.33 bits per heavy atom. The zero-order valence-electron chi connectivity index (χ0n) is 10.9. The molecule has 18 heavy (non-hydrogen) atoms. The van der Waals surface area contributed by atoms with Gasteiger partial charge < -0.3 is 9.84 Å². The first-order valence-corrected chi connectivity index (χ1v) is 6.90. The largest absolute Gasteiger partial charge is 0.496 e. The third-order valence-corrected chi connectivity index (χ3v) is 3.79. The first-order valence-electron chi connectivity index (χ1n) is 5.96. The standard InChI is InChI=1S/C15H18O2S/c1-10-6-11(2)15(14(7-10)17-3)13(16)8-12-4-5-18-9-12/h4-7,9,13,16H,8H2,1-3H3. The number of thiophene rings is 1. The maximum Gasteiger partial charge on any atom is 0.125 e. The Morgan fingerprint density at radius 2 is 2.11 bits per heavy atom. The Hall–Kier alpha value is -1.32. The fraction of sp³-hybridized carbons (Fsp3) is 0.333. The van der Waals surface area contributed by atoms with Crippen molar-refractivity contribution in [2.45, 2.75) is 26.4 Å². The van der Waals surface area contributed by atoms with Gasteiger partial charge in [-0.25, -0.2) is 0 Å². The average Bonchev–Trinajstić information content (AvgIpc) is 2.80. The van der Waals surface area contributed by atoms with Crippen LogP contribution >= 0.6 is 11.3 Å². The molecule has 0 bridgehead atoms. The van der Waals surface area contributed by atoms with Crippen LogP contribution in [-0.4, -0.2) is 12.2 Å². The molecule has 3 heteroatoms. The van der Waals surface area contributed by atoms with Crippen LogP contribution in [0.25, 0.3) is 0 Å². The topological polar surface area (TPSA) is 29.5 Å². The third kappa shape index (κ3) is 2.74. The van der Waals surface area contributed by atoms with E-state index in [0.717, 1.165) is 28.0 Å². The summed E-state index contributed by atoms with van der Waals surface area (Å²) in [5.74, 6) is 0.773. The second-order valence-corrected chi connectivity index (χ2v) is 5.33. The number of hydrogen-bond donors (Lipinski definition) is 1. The van der Waals surface area contributed by atoms with Gasteiger partial charge in [0.1, 0.15) is 5.75 Å². The molecule has 2 nitrogen and oxygen atoms in total. The van der Waals surface area contributed by atoms with Crippen LogP contribution in [0.2, 0.25) is 0 Å². The number of aliphatic hydroxyl groups excluding tert-OH is 1. The average molecular weight is 262 g/mol. The first kappa shape index (κ1) is 13.1. The molecule has 0 saturated heterocycles. The Morgan fingerprint density at radius 3 is 2.72 bits per heavy atom. The van der Waals surface area contributed by atoms with E-state index in [1.165, 1.54) is 0 Å². The molecule has 0 spiro atoms. The van der Waals surface area contributed by atoms with Crippen LogP contribution in [0.15, 0.2) is 29.0 Å². The van der Waals surface area contributed by atoms with Crippen LogP contribution in [-0.2, 0) is 6.42 Å². The van der Waals surface area contributed by atoms with Crippen LogP contribution in [0, 0.1) is 13.8 Å². The molecule has 0 aliphatic carbocycles. The molecule has 1 aromatic heterocycles. The van der Waals surface area contributed by atoms with Gasteiger partial charge in [-0.15, -0.1) is 0 Å². The lowest BCUT2D eigenvalue weighted by atomic mass is 9.96. The summed E-state index contributed by atoms with van der Waals surface area (Å²) < 4.78 is 5.39. The minimum absolute atomic E-state index is 0.518. The van der Waals surface area contributed by atoms with Crippen LogP contribution in [0.4, 0.5) is 0 Å². The lowest BCUT2D eigenvalue weighted by Gasteiger charge is -2.18. The molecule has 1 N–H and O–H groups in total. The molecule has 96 valence electrons.